The molecule has 1 N–H and O–H groups in total. The van der Waals surface area contributed by atoms with Gasteiger partial charge in [0.05, 0.1) is 11.9 Å². The number of ether oxygens (including phenoxy) is 1. The third kappa shape index (κ3) is 10.1. The van der Waals surface area contributed by atoms with Crippen LogP contribution in [-0.2, 0) is 39.2 Å². The fourth-order valence-electron chi connectivity index (χ4n) is 5.99. The third-order valence-electron chi connectivity index (χ3n) is 8.52. The van der Waals surface area contributed by atoms with Gasteiger partial charge in [0.15, 0.2) is 0 Å². The first-order valence-electron chi connectivity index (χ1n) is 16.3. The number of halogens is 1. The molecule has 1 aliphatic carbocycles. The SMILES string of the molecule is CS(=O)(=O)N(CC(=O)N(Cc1cccc(Cl)c1)[C@H](Cc1ccccc1)C(=O)NC1CCCCC1)c1ccc(OCc2ccccc2)cc1. The van der Waals surface area contributed by atoms with E-state index in [0.717, 1.165) is 59.4 Å². The summed E-state index contributed by atoms with van der Waals surface area (Å²) in [4.78, 5) is 30.0. The molecular formula is C38H42ClN3O5S. The summed E-state index contributed by atoms with van der Waals surface area (Å²) in [5.41, 5.74) is 2.93. The van der Waals surface area contributed by atoms with E-state index < -0.39 is 28.5 Å². The molecule has 48 heavy (non-hydrogen) atoms. The summed E-state index contributed by atoms with van der Waals surface area (Å²) in [6.45, 7) is -0.0664. The molecule has 0 saturated heterocycles. The molecule has 0 unspecified atom stereocenters. The Morgan fingerprint density at radius 1 is 0.833 bits per heavy atom. The number of nitrogens with zero attached hydrogens (tertiary/aromatic N) is 2. The molecule has 252 valence electrons. The zero-order valence-electron chi connectivity index (χ0n) is 27.1. The van der Waals surface area contributed by atoms with Crippen molar-refractivity contribution in [3.8, 4) is 5.75 Å². The maximum Gasteiger partial charge on any atom is 0.244 e. The maximum atomic E-state index is 14.4. The number of amides is 2. The van der Waals surface area contributed by atoms with Gasteiger partial charge in [0.2, 0.25) is 21.8 Å². The summed E-state index contributed by atoms with van der Waals surface area (Å²) in [6, 6.07) is 32.1. The molecule has 2 amide bonds. The monoisotopic (exact) mass is 687 g/mol. The predicted molar refractivity (Wildman–Crippen MR) is 190 cm³/mol. The van der Waals surface area contributed by atoms with Crippen LogP contribution in [0, 0.1) is 0 Å². The minimum Gasteiger partial charge on any atom is -0.489 e. The largest absolute Gasteiger partial charge is 0.489 e. The van der Waals surface area contributed by atoms with Gasteiger partial charge < -0.3 is 15.0 Å². The molecule has 1 atom stereocenters. The van der Waals surface area contributed by atoms with E-state index in [1.807, 2.05) is 66.7 Å². The quantitative estimate of drug-likeness (QED) is 0.158. The molecule has 0 spiro atoms. The fraction of sp³-hybridized carbons (Fsp3) is 0.316. The molecule has 4 aromatic carbocycles. The van der Waals surface area contributed by atoms with Crippen molar-refractivity contribution in [2.75, 3.05) is 17.1 Å². The van der Waals surface area contributed by atoms with Gasteiger partial charge in [-0.2, -0.15) is 0 Å². The Morgan fingerprint density at radius 3 is 2.08 bits per heavy atom. The second-order valence-corrected chi connectivity index (χ2v) is 14.6. The molecule has 8 nitrogen and oxygen atoms in total. The number of rotatable bonds is 14. The molecule has 0 aromatic heterocycles. The summed E-state index contributed by atoms with van der Waals surface area (Å²) in [7, 11) is -3.90. The Bertz CT molecular complexity index is 1750. The molecule has 0 radical (unpaired) electrons. The Labute approximate surface area is 288 Å². The van der Waals surface area contributed by atoms with E-state index in [1.165, 1.54) is 4.90 Å². The first-order chi connectivity index (χ1) is 23.2. The van der Waals surface area contributed by atoms with E-state index in [2.05, 4.69) is 5.32 Å². The lowest BCUT2D eigenvalue weighted by molar-refractivity contribution is -0.140. The number of sulfonamides is 1. The zero-order valence-corrected chi connectivity index (χ0v) is 28.7. The van der Waals surface area contributed by atoms with E-state index in [9.17, 15) is 18.0 Å². The van der Waals surface area contributed by atoms with Crippen LogP contribution in [-0.4, -0.2) is 50.0 Å². The van der Waals surface area contributed by atoms with Gasteiger partial charge in [-0.05, 0) is 65.9 Å². The van der Waals surface area contributed by atoms with Gasteiger partial charge >= 0.3 is 0 Å². The number of carbonyl (C=O) groups is 2. The molecule has 5 rings (SSSR count). The van der Waals surface area contributed by atoms with Gasteiger partial charge in [-0.1, -0.05) is 104 Å². The van der Waals surface area contributed by atoms with E-state index in [-0.39, 0.29) is 24.9 Å². The maximum absolute atomic E-state index is 14.4. The number of nitrogens with one attached hydrogen (secondary N) is 1. The number of hydrogen-bond acceptors (Lipinski definition) is 5. The van der Waals surface area contributed by atoms with E-state index >= 15 is 0 Å². The van der Waals surface area contributed by atoms with Crippen molar-refractivity contribution in [1.82, 2.24) is 10.2 Å². The smallest absolute Gasteiger partial charge is 0.244 e. The number of carbonyl (C=O) groups excluding carboxylic acids is 2. The van der Waals surface area contributed by atoms with Gasteiger partial charge in [-0.15, -0.1) is 0 Å². The van der Waals surface area contributed by atoms with Crippen molar-refractivity contribution in [1.29, 1.82) is 0 Å². The van der Waals surface area contributed by atoms with Crippen LogP contribution >= 0.6 is 11.6 Å². The standard InChI is InChI=1S/C38H42ClN3O5S/c1-48(45,46)42(34-20-22-35(23-21-34)47-28-30-14-7-3-8-15-30)27-37(43)41(26-31-16-11-17-32(39)24-31)36(25-29-12-5-2-6-13-29)38(44)40-33-18-9-4-10-19-33/h2-3,5-8,11-17,20-24,33,36H,4,9-10,18-19,25-28H2,1H3,(H,40,44)/t36-/m1/s1. The molecular weight excluding hydrogens is 646 g/mol. The van der Waals surface area contributed by atoms with Crippen molar-refractivity contribution in [3.05, 3.63) is 131 Å². The van der Waals surface area contributed by atoms with Gasteiger partial charge in [-0.25, -0.2) is 8.42 Å². The summed E-state index contributed by atoms with van der Waals surface area (Å²) in [5, 5.41) is 3.71. The molecule has 1 saturated carbocycles. The van der Waals surface area contributed by atoms with Crippen LogP contribution in [0.3, 0.4) is 0 Å². The van der Waals surface area contributed by atoms with Crippen molar-refractivity contribution in [2.45, 2.75) is 63.8 Å². The van der Waals surface area contributed by atoms with Crippen LogP contribution in [0.15, 0.2) is 109 Å². The topological polar surface area (TPSA) is 96.0 Å². The normalized spacial score (nSPS) is 14.1. The second kappa shape index (κ2) is 16.7. The molecule has 0 heterocycles. The summed E-state index contributed by atoms with van der Waals surface area (Å²) >= 11 is 6.32. The lowest BCUT2D eigenvalue weighted by atomic mass is 9.94. The molecule has 4 aromatic rings. The fourth-order valence-corrected chi connectivity index (χ4v) is 7.06. The van der Waals surface area contributed by atoms with Crippen LogP contribution in [0.1, 0.15) is 48.8 Å². The highest BCUT2D eigenvalue weighted by Crippen LogP contribution is 2.25. The number of benzene rings is 4. The van der Waals surface area contributed by atoms with Crippen LogP contribution in [0.25, 0.3) is 0 Å². The molecule has 1 aliphatic rings. The minimum atomic E-state index is -3.90. The van der Waals surface area contributed by atoms with Crippen LogP contribution in [0.2, 0.25) is 5.02 Å². The highest BCUT2D eigenvalue weighted by atomic mass is 35.5. The third-order valence-corrected chi connectivity index (χ3v) is 9.89. The lowest BCUT2D eigenvalue weighted by Crippen LogP contribution is -2.55. The first kappa shape index (κ1) is 35.0. The zero-order chi connectivity index (χ0) is 33.9. The van der Waals surface area contributed by atoms with Crippen LogP contribution in [0.5, 0.6) is 5.75 Å². The second-order valence-electron chi connectivity index (χ2n) is 12.2. The average Bonchev–Trinajstić information content (AvgIpc) is 3.09. The van der Waals surface area contributed by atoms with Crippen molar-refractivity contribution < 1.29 is 22.7 Å². The minimum absolute atomic E-state index is 0.0304. The number of hydrogen-bond donors (Lipinski definition) is 1. The first-order valence-corrected chi connectivity index (χ1v) is 18.5. The summed E-state index contributed by atoms with van der Waals surface area (Å²) in [5.74, 6) is -0.205. The summed E-state index contributed by atoms with van der Waals surface area (Å²) in [6.07, 6.45) is 6.33. The van der Waals surface area contributed by atoms with Crippen molar-refractivity contribution in [3.63, 3.8) is 0 Å². The van der Waals surface area contributed by atoms with Gasteiger partial charge in [0.1, 0.15) is 24.9 Å². The van der Waals surface area contributed by atoms with E-state index in [0.29, 0.717) is 23.1 Å². The van der Waals surface area contributed by atoms with Crippen molar-refractivity contribution >= 4 is 39.1 Å². The predicted octanol–water partition coefficient (Wildman–Crippen LogP) is 6.77. The summed E-state index contributed by atoms with van der Waals surface area (Å²) < 4.78 is 33.3. The molecule has 1 fully saturated rings. The van der Waals surface area contributed by atoms with Gasteiger partial charge in [0, 0.05) is 24.0 Å². The molecule has 0 bridgehead atoms. The molecule has 0 aliphatic heterocycles. The Kier molecular flexibility index (Phi) is 12.1. The van der Waals surface area contributed by atoms with Crippen LogP contribution < -0.4 is 14.4 Å². The molecule has 10 heteroatoms. The van der Waals surface area contributed by atoms with Crippen LogP contribution in [0.4, 0.5) is 5.69 Å². The highest BCUT2D eigenvalue weighted by molar-refractivity contribution is 7.92. The number of anilines is 1. The Hall–Kier alpha value is -4.34. The van der Waals surface area contributed by atoms with E-state index in [4.69, 9.17) is 16.3 Å². The van der Waals surface area contributed by atoms with Gasteiger partial charge in [-0.3, -0.25) is 13.9 Å². The Balaban J connectivity index is 1.43. The highest BCUT2D eigenvalue weighted by Gasteiger charge is 2.34. The average molecular weight is 688 g/mol. The lowest BCUT2D eigenvalue weighted by Gasteiger charge is -2.35. The van der Waals surface area contributed by atoms with Gasteiger partial charge in [0.25, 0.3) is 0 Å². The Morgan fingerprint density at radius 2 is 1.46 bits per heavy atom. The van der Waals surface area contributed by atoms with E-state index in [1.54, 1.807) is 42.5 Å². The van der Waals surface area contributed by atoms with Crippen molar-refractivity contribution in [2.24, 2.45) is 0 Å².